The molecule has 31 heavy (non-hydrogen) atoms. The SMILES string of the molecule is CCCOC(=O)[C@H](C)Oc1ccc2c(=O)c(Oc3ccc4ccccc4c3)coc2c1. The van der Waals surface area contributed by atoms with Crippen LogP contribution in [0.3, 0.4) is 0 Å². The Hall–Kier alpha value is -3.80. The maximum absolute atomic E-state index is 12.9. The molecule has 0 N–H and O–H groups in total. The summed E-state index contributed by atoms with van der Waals surface area (Å²) in [6.07, 6.45) is 1.25. The summed E-state index contributed by atoms with van der Waals surface area (Å²) in [5.41, 5.74) is 0.0406. The molecule has 0 aliphatic carbocycles. The molecule has 4 aromatic rings. The molecule has 1 atom stereocenters. The molecule has 0 radical (unpaired) electrons. The van der Waals surface area contributed by atoms with Gasteiger partial charge in [-0.05, 0) is 48.4 Å². The zero-order valence-corrected chi connectivity index (χ0v) is 17.3. The number of hydrogen-bond donors (Lipinski definition) is 0. The van der Waals surface area contributed by atoms with E-state index in [9.17, 15) is 9.59 Å². The third kappa shape index (κ3) is 4.53. The Balaban J connectivity index is 1.55. The average molecular weight is 418 g/mol. The molecular formula is C25H22O6. The Labute approximate surface area is 179 Å². The fourth-order valence-electron chi connectivity index (χ4n) is 3.16. The van der Waals surface area contributed by atoms with E-state index in [2.05, 4.69) is 0 Å². The molecule has 0 aliphatic rings. The second-order valence-corrected chi connectivity index (χ2v) is 7.13. The zero-order chi connectivity index (χ0) is 21.8. The number of fused-ring (bicyclic) bond motifs is 2. The lowest BCUT2D eigenvalue weighted by Crippen LogP contribution is -2.26. The minimum atomic E-state index is -0.772. The molecule has 158 valence electrons. The van der Waals surface area contributed by atoms with Crippen molar-refractivity contribution in [2.24, 2.45) is 0 Å². The molecule has 3 aromatic carbocycles. The van der Waals surface area contributed by atoms with Gasteiger partial charge in [0.2, 0.25) is 11.2 Å². The highest BCUT2D eigenvalue weighted by Gasteiger charge is 2.17. The Bertz CT molecular complexity index is 1290. The first-order valence-electron chi connectivity index (χ1n) is 10.1. The lowest BCUT2D eigenvalue weighted by atomic mass is 10.1. The van der Waals surface area contributed by atoms with E-state index >= 15 is 0 Å². The predicted molar refractivity (Wildman–Crippen MR) is 118 cm³/mol. The van der Waals surface area contributed by atoms with E-state index in [1.807, 2.05) is 49.4 Å². The van der Waals surface area contributed by atoms with Gasteiger partial charge in [-0.25, -0.2) is 4.79 Å². The minimum Gasteiger partial charge on any atom is -0.479 e. The monoisotopic (exact) mass is 418 g/mol. The number of carbonyl (C=O) groups is 1. The fourth-order valence-corrected chi connectivity index (χ4v) is 3.16. The van der Waals surface area contributed by atoms with Crippen LogP contribution in [0.5, 0.6) is 17.2 Å². The van der Waals surface area contributed by atoms with Crippen molar-refractivity contribution in [3.05, 3.63) is 77.2 Å². The summed E-state index contributed by atoms with van der Waals surface area (Å²) < 4.78 is 22.1. The average Bonchev–Trinajstić information content (AvgIpc) is 2.79. The molecule has 1 heterocycles. The molecule has 0 saturated carbocycles. The molecule has 0 fully saturated rings. The van der Waals surface area contributed by atoms with Gasteiger partial charge in [0.1, 0.15) is 23.3 Å². The largest absolute Gasteiger partial charge is 0.479 e. The van der Waals surface area contributed by atoms with Crippen LogP contribution < -0.4 is 14.9 Å². The van der Waals surface area contributed by atoms with Gasteiger partial charge >= 0.3 is 5.97 Å². The van der Waals surface area contributed by atoms with Gasteiger partial charge in [0.15, 0.2) is 6.10 Å². The standard InChI is InChI=1S/C25H22O6/c1-3-12-28-25(27)16(2)30-20-10-11-21-22(14-20)29-15-23(24(21)26)31-19-9-8-17-6-4-5-7-18(17)13-19/h4-11,13-16H,3,12H2,1-2H3/t16-/m0/s1. The second kappa shape index (κ2) is 8.92. The number of esters is 1. The molecule has 0 unspecified atom stereocenters. The first-order chi connectivity index (χ1) is 15.0. The van der Waals surface area contributed by atoms with Crippen molar-refractivity contribution in [1.82, 2.24) is 0 Å². The molecule has 6 heteroatoms. The molecule has 0 amide bonds. The fraction of sp³-hybridized carbons (Fsp3) is 0.200. The van der Waals surface area contributed by atoms with Crippen LogP contribution >= 0.6 is 0 Å². The summed E-state index contributed by atoms with van der Waals surface area (Å²) in [6.45, 7) is 3.88. The van der Waals surface area contributed by atoms with Crippen molar-refractivity contribution in [3.63, 3.8) is 0 Å². The summed E-state index contributed by atoms with van der Waals surface area (Å²) in [4.78, 5) is 24.7. The highest BCUT2D eigenvalue weighted by atomic mass is 16.6. The molecular weight excluding hydrogens is 396 g/mol. The Morgan fingerprint density at radius 1 is 1.00 bits per heavy atom. The van der Waals surface area contributed by atoms with Crippen molar-refractivity contribution in [3.8, 4) is 17.2 Å². The predicted octanol–water partition coefficient (Wildman–Crippen LogP) is 5.46. The van der Waals surface area contributed by atoms with Gasteiger partial charge in [0.25, 0.3) is 0 Å². The smallest absolute Gasteiger partial charge is 0.347 e. The van der Waals surface area contributed by atoms with Crippen LogP contribution in [0.25, 0.3) is 21.7 Å². The van der Waals surface area contributed by atoms with Crippen LogP contribution in [-0.4, -0.2) is 18.7 Å². The van der Waals surface area contributed by atoms with Crippen LogP contribution in [0.1, 0.15) is 20.3 Å². The lowest BCUT2D eigenvalue weighted by Gasteiger charge is -2.14. The number of hydrogen-bond acceptors (Lipinski definition) is 6. The van der Waals surface area contributed by atoms with Gasteiger partial charge in [-0.2, -0.15) is 0 Å². The number of carbonyl (C=O) groups excluding carboxylic acids is 1. The molecule has 0 saturated heterocycles. The van der Waals surface area contributed by atoms with Crippen molar-refractivity contribution in [2.75, 3.05) is 6.61 Å². The first-order valence-corrected chi connectivity index (χ1v) is 10.1. The summed E-state index contributed by atoms with van der Waals surface area (Å²) >= 11 is 0. The van der Waals surface area contributed by atoms with Crippen LogP contribution in [0.2, 0.25) is 0 Å². The van der Waals surface area contributed by atoms with Crippen LogP contribution in [0.4, 0.5) is 0 Å². The van der Waals surface area contributed by atoms with Gasteiger partial charge in [0, 0.05) is 6.07 Å². The van der Waals surface area contributed by atoms with Crippen molar-refractivity contribution in [2.45, 2.75) is 26.4 Å². The summed E-state index contributed by atoms with van der Waals surface area (Å²) in [6, 6.07) is 18.3. The Morgan fingerprint density at radius 3 is 2.58 bits per heavy atom. The first kappa shape index (κ1) is 20.5. The van der Waals surface area contributed by atoms with Gasteiger partial charge in [-0.3, -0.25) is 4.79 Å². The highest BCUT2D eigenvalue weighted by Crippen LogP contribution is 2.27. The van der Waals surface area contributed by atoms with E-state index in [0.717, 1.165) is 17.2 Å². The maximum atomic E-state index is 12.9. The van der Waals surface area contributed by atoms with E-state index in [-0.39, 0.29) is 11.2 Å². The van der Waals surface area contributed by atoms with E-state index in [1.165, 1.54) is 6.26 Å². The van der Waals surface area contributed by atoms with E-state index in [4.69, 9.17) is 18.6 Å². The van der Waals surface area contributed by atoms with E-state index in [0.29, 0.717) is 29.1 Å². The Morgan fingerprint density at radius 2 is 1.77 bits per heavy atom. The van der Waals surface area contributed by atoms with E-state index < -0.39 is 12.1 Å². The molecule has 0 spiro atoms. The molecule has 6 nitrogen and oxygen atoms in total. The van der Waals surface area contributed by atoms with Crippen molar-refractivity contribution in [1.29, 1.82) is 0 Å². The number of rotatable bonds is 7. The van der Waals surface area contributed by atoms with Gasteiger partial charge in [-0.15, -0.1) is 0 Å². The third-order valence-electron chi connectivity index (χ3n) is 4.76. The Kier molecular flexibility index (Phi) is 5.89. The van der Waals surface area contributed by atoms with Gasteiger partial charge < -0.3 is 18.6 Å². The zero-order valence-electron chi connectivity index (χ0n) is 17.3. The third-order valence-corrected chi connectivity index (χ3v) is 4.76. The quantitative estimate of drug-likeness (QED) is 0.371. The lowest BCUT2D eigenvalue weighted by molar-refractivity contribution is -0.151. The summed E-state index contributed by atoms with van der Waals surface area (Å²) in [5, 5.41) is 2.45. The molecule has 0 bridgehead atoms. The molecule has 1 aromatic heterocycles. The topological polar surface area (TPSA) is 75.0 Å². The van der Waals surface area contributed by atoms with Crippen molar-refractivity contribution < 1.29 is 23.4 Å². The molecule has 0 aliphatic heterocycles. The van der Waals surface area contributed by atoms with E-state index in [1.54, 1.807) is 25.1 Å². The molecule has 4 rings (SSSR count). The van der Waals surface area contributed by atoms with Crippen LogP contribution in [0, 0.1) is 0 Å². The summed E-state index contributed by atoms with van der Waals surface area (Å²) in [5.74, 6) is 0.597. The van der Waals surface area contributed by atoms with Gasteiger partial charge in [0.05, 0.1) is 12.0 Å². The van der Waals surface area contributed by atoms with Crippen LogP contribution in [0.15, 0.2) is 76.1 Å². The van der Waals surface area contributed by atoms with Crippen LogP contribution in [-0.2, 0) is 9.53 Å². The minimum absolute atomic E-state index is 0.0907. The second-order valence-electron chi connectivity index (χ2n) is 7.13. The number of ether oxygens (including phenoxy) is 3. The number of benzene rings is 3. The van der Waals surface area contributed by atoms with Gasteiger partial charge in [-0.1, -0.05) is 37.3 Å². The maximum Gasteiger partial charge on any atom is 0.347 e. The highest BCUT2D eigenvalue weighted by molar-refractivity contribution is 5.84. The summed E-state index contributed by atoms with van der Waals surface area (Å²) in [7, 11) is 0. The van der Waals surface area contributed by atoms with Crippen molar-refractivity contribution >= 4 is 27.7 Å². The normalized spacial score (nSPS) is 11.9.